The Hall–Kier alpha value is -1.26. The summed E-state index contributed by atoms with van der Waals surface area (Å²) < 4.78 is 10.5. The Labute approximate surface area is 134 Å². The van der Waals surface area contributed by atoms with Gasteiger partial charge in [-0.05, 0) is 25.7 Å². The summed E-state index contributed by atoms with van der Waals surface area (Å²) in [6, 6.07) is 0. The van der Waals surface area contributed by atoms with E-state index in [-0.39, 0.29) is 5.97 Å². The Kier molecular flexibility index (Phi) is 8.94. The van der Waals surface area contributed by atoms with E-state index in [1.807, 2.05) is 6.92 Å². The van der Waals surface area contributed by atoms with Crippen molar-refractivity contribution in [3.8, 4) is 0 Å². The van der Waals surface area contributed by atoms with Crippen LogP contribution in [0.1, 0.15) is 78.1 Å². The Balaban J connectivity index is 2.38. The summed E-state index contributed by atoms with van der Waals surface area (Å²) >= 11 is 0. The minimum absolute atomic E-state index is 0.304. The summed E-state index contributed by atoms with van der Waals surface area (Å²) in [6.07, 6.45) is 8.72. The number of ether oxygens (including phenoxy) is 2. The van der Waals surface area contributed by atoms with Crippen LogP contribution in [0.2, 0.25) is 0 Å². The molecule has 0 saturated heterocycles. The predicted octanol–water partition coefficient (Wildman–Crippen LogP) is 3.95. The van der Waals surface area contributed by atoms with Crippen molar-refractivity contribution < 1.29 is 19.1 Å². The maximum Gasteiger partial charge on any atom is 0.408 e. The van der Waals surface area contributed by atoms with Crippen LogP contribution < -0.4 is 5.32 Å². The molecule has 0 atom stereocenters. The van der Waals surface area contributed by atoms with Gasteiger partial charge in [0.25, 0.3) is 0 Å². The zero-order valence-electron chi connectivity index (χ0n) is 14.1. The van der Waals surface area contributed by atoms with Gasteiger partial charge in [0.2, 0.25) is 0 Å². The Morgan fingerprint density at radius 2 is 1.55 bits per heavy atom. The lowest BCUT2D eigenvalue weighted by Crippen LogP contribution is -2.53. The first-order valence-corrected chi connectivity index (χ1v) is 8.77. The molecule has 1 N–H and O–H groups in total. The number of hydrogen-bond donors (Lipinski definition) is 1. The van der Waals surface area contributed by atoms with Crippen molar-refractivity contribution in [3.63, 3.8) is 0 Å². The summed E-state index contributed by atoms with van der Waals surface area (Å²) in [5.74, 6) is -0.304. The van der Waals surface area contributed by atoms with Gasteiger partial charge in [-0.15, -0.1) is 0 Å². The Bertz CT molecular complexity index is 338. The third-order valence-electron chi connectivity index (χ3n) is 4.15. The zero-order chi connectivity index (χ0) is 16.3. The van der Waals surface area contributed by atoms with Gasteiger partial charge in [0.15, 0.2) is 0 Å². The molecule has 5 nitrogen and oxygen atoms in total. The van der Waals surface area contributed by atoms with Crippen molar-refractivity contribution in [2.45, 2.75) is 83.6 Å². The van der Waals surface area contributed by atoms with Crippen LogP contribution in [-0.4, -0.2) is 30.8 Å². The summed E-state index contributed by atoms with van der Waals surface area (Å²) in [5.41, 5.74) is -0.867. The monoisotopic (exact) mass is 313 g/mol. The molecule has 0 bridgehead atoms. The fourth-order valence-corrected chi connectivity index (χ4v) is 2.73. The van der Waals surface area contributed by atoms with Crippen LogP contribution in [-0.2, 0) is 14.3 Å². The molecule has 5 heteroatoms. The molecule has 1 rings (SSSR count). The lowest BCUT2D eigenvalue weighted by molar-refractivity contribution is -0.151. The summed E-state index contributed by atoms with van der Waals surface area (Å²) in [4.78, 5) is 24.2. The van der Waals surface area contributed by atoms with Crippen LogP contribution in [0.3, 0.4) is 0 Å². The van der Waals surface area contributed by atoms with E-state index in [1.54, 1.807) is 0 Å². The van der Waals surface area contributed by atoms with Gasteiger partial charge in [-0.2, -0.15) is 0 Å². The first kappa shape index (κ1) is 18.8. The van der Waals surface area contributed by atoms with Gasteiger partial charge < -0.3 is 14.8 Å². The van der Waals surface area contributed by atoms with Crippen molar-refractivity contribution >= 4 is 12.1 Å². The number of esters is 1. The highest BCUT2D eigenvalue weighted by atomic mass is 16.6. The molecule has 22 heavy (non-hydrogen) atoms. The van der Waals surface area contributed by atoms with Crippen molar-refractivity contribution in [1.29, 1.82) is 0 Å². The SMILES string of the molecule is CCCCCCOC(=O)NC1(C(=O)OCCCC)CCCC1. The molecule has 0 unspecified atom stereocenters. The number of nitrogens with one attached hydrogen (secondary N) is 1. The van der Waals surface area contributed by atoms with E-state index in [1.165, 1.54) is 0 Å². The fourth-order valence-electron chi connectivity index (χ4n) is 2.73. The number of unbranched alkanes of at least 4 members (excludes halogenated alkanes) is 4. The highest BCUT2D eigenvalue weighted by Crippen LogP contribution is 2.31. The third-order valence-corrected chi connectivity index (χ3v) is 4.15. The van der Waals surface area contributed by atoms with Crippen LogP contribution in [0.15, 0.2) is 0 Å². The zero-order valence-corrected chi connectivity index (χ0v) is 14.1. The number of carbonyl (C=O) groups excluding carboxylic acids is 2. The van der Waals surface area contributed by atoms with Crippen molar-refractivity contribution in [3.05, 3.63) is 0 Å². The lowest BCUT2D eigenvalue weighted by atomic mass is 9.98. The Morgan fingerprint density at radius 3 is 2.18 bits per heavy atom. The molecular formula is C17H31NO4. The van der Waals surface area contributed by atoms with Gasteiger partial charge >= 0.3 is 12.1 Å². The minimum atomic E-state index is -0.867. The standard InChI is InChI=1S/C17H31NO4/c1-3-5-7-10-14-22-16(20)18-17(11-8-9-12-17)15(19)21-13-6-4-2/h3-14H2,1-2H3,(H,18,20). The quantitative estimate of drug-likeness (QED) is 0.490. The average molecular weight is 313 g/mol. The van der Waals surface area contributed by atoms with Crippen LogP contribution in [0.5, 0.6) is 0 Å². The van der Waals surface area contributed by atoms with Gasteiger partial charge in [-0.1, -0.05) is 52.4 Å². The minimum Gasteiger partial charge on any atom is -0.464 e. The molecular weight excluding hydrogens is 282 g/mol. The second-order valence-corrected chi connectivity index (χ2v) is 6.10. The molecule has 0 radical (unpaired) electrons. The molecule has 0 aromatic heterocycles. The van der Waals surface area contributed by atoms with Crippen LogP contribution in [0, 0.1) is 0 Å². The normalized spacial score (nSPS) is 16.3. The smallest absolute Gasteiger partial charge is 0.408 e. The second-order valence-electron chi connectivity index (χ2n) is 6.10. The summed E-state index contributed by atoms with van der Waals surface area (Å²) in [5, 5.41) is 2.77. The topological polar surface area (TPSA) is 64.6 Å². The van der Waals surface area contributed by atoms with Gasteiger partial charge in [0.05, 0.1) is 13.2 Å². The number of alkyl carbamates (subject to hydrolysis) is 1. The molecule has 1 aliphatic rings. The number of rotatable bonds is 10. The van der Waals surface area contributed by atoms with E-state index in [2.05, 4.69) is 12.2 Å². The van der Waals surface area contributed by atoms with Crippen molar-refractivity contribution in [2.24, 2.45) is 0 Å². The first-order chi connectivity index (χ1) is 10.6. The van der Waals surface area contributed by atoms with Crippen LogP contribution in [0.25, 0.3) is 0 Å². The summed E-state index contributed by atoms with van der Waals surface area (Å²) in [7, 11) is 0. The van der Waals surface area contributed by atoms with Crippen LogP contribution >= 0.6 is 0 Å². The van der Waals surface area contributed by atoms with E-state index < -0.39 is 11.6 Å². The molecule has 128 valence electrons. The molecule has 1 fully saturated rings. The molecule has 1 aliphatic carbocycles. The van der Waals surface area contributed by atoms with Crippen molar-refractivity contribution in [1.82, 2.24) is 5.32 Å². The van der Waals surface area contributed by atoms with E-state index in [0.29, 0.717) is 26.1 Å². The molecule has 0 aliphatic heterocycles. The average Bonchev–Trinajstić information content (AvgIpc) is 2.97. The van der Waals surface area contributed by atoms with Crippen LogP contribution in [0.4, 0.5) is 4.79 Å². The van der Waals surface area contributed by atoms with E-state index in [4.69, 9.17) is 9.47 Å². The highest BCUT2D eigenvalue weighted by molar-refractivity contribution is 5.86. The molecule has 1 amide bonds. The van der Waals surface area contributed by atoms with E-state index >= 15 is 0 Å². The number of carbonyl (C=O) groups is 2. The maximum absolute atomic E-state index is 12.3. The van der Waals surface area contributed by atoms with E-state index in [0.717, 1.165) is 51.4 Å². The first-order valence-electron chi connectivity index (χ1n) is 8.77. The Morgan fingerprint density at radius 1 is 0.909 bits per heavy atom. The van der Waals surface area contributed by atoms with Gasteiger partial charge in [0.1, 0.15) is 5.54 Å². The largest absolute Gasteiger partial charge is 0.464 e. The highest BCUT2D eigenvalue weighted by Gasteiger charge is 2.44. The van der Waals surface area contributed by atoms with Gasteiger partial charge in [0, 0.05) is 0 Å². The fraction of sp³-hybridized carbons (Fsp3) is 0.882. The molecule has 0 heterocycles. The predicted molar refractivity (Wildman–Crippen MR) is 85.7 cm³/mol. The third kappa shape index (κ3) is 6.24. The molecule has 1 saturated carbocycles. The second kappa shape index (κ2) is 10.5. The molecule has 0 spiro atoms. The summed E-state index contributed by atoms with van der Waals surface area (Å²) in [6.45, 7) is 5.02. The maximum atomic E-state index is 12.3. The van der Waals surface area contributed by atoms with Crippen molar-refractivity contribution in [2.75, 3.05) is 13.2 Å². The van der Waals surface area contributed by atoms with E-state index in [9.17, 15) is 9.59 Å². The number of hydrogen-bond acceptors (Lipinski definition) is 4. The number of amides is 1. The molecule has 0 aromatic carbocycles. The molecule has 0 aromatic rings. The van der Waals surface area contributed by atoms with Gasteiger partial charge in [-0.25, -0.2) is 9.59 Å². The lowest BCUT2D eigenvalue weighted by Gasteiger charge is -2.27. The van der Waals surface area contributed by atoms with Gasteiger partial charge in [-0.3, -0.25) is 0 Å².